The zero-order valence-corrected chi connectivity index (χ0v) is 10.3. The Balaban J connectivity index is 2.22. The normalized spacial score (nSPS) is 47.1. The van der Waals surface area contributed by atoms with Crippen LogP contribution in [0.15, 0.2) is 0 Å². The third kappa shape index (κ3) is 1.32. The van der Waals surface area contributed by atoms with Gasteiger partial charge in [0.25, 0.3) is 0 Å². The molecule has 0 aromatic rings. The van der Waals surface area contributed by atoms with Gasteiger partial charge in [-0.3, -0.25) is 0 Å². The highest BCUT2D eigenvalue weighted by Gasteiger charge is 2.49. The van der Waals surface area contributed by atoms with Crippen LogP contribution >= 0.6 is 0 Å². The van der Waals surface area contributed by atoms with E-state index in [-0.39, 0.29) is 0 Å². The Morgan fingerprint density at radius 2 is 1.50 bits per heavy atom. The molecule has 1 spiro atoms. The van der Waals surface area contributed by atoms with E-state index in [1.165, 1.54) is 36.8 Å². The summed E-state index contributed by atoms with van der Waals surface area (Å²) in [6, 6.07) is 1.81. The highest BCUT2D eigenvalue weighted by molar-refractivity contribution is 4.80. The molecule has 0 bridgehead atoms. The van der Waals surface area contributed by atoms with E-state index in [1.54, 1.807) is 0 Å². The molecule has 0 saturated carbocycles. The standard InChI is InChI=1S/C13H26N/c1-10-9-11(2)14(7-5-6-8-14)13(4)12(10)3/h10-13H,5-9H2,1-4H3/q+1. The van der Waals surface area contributed by atoms with Crippen molar-refractivity contribution in [1.29, 1.82) is 0 Å². The van der Waals surface area contributed by atoms with Gasteiger partial charge in [0, 0.05) is 25.2 Å². The van der Waals surface area contributed by atoms with E-state index < -0.39 is 0 Å². The van der Waals surface area contributed by atoms with Gasteiger partial charge >= 0.3 is 0 Å². The smallest absolute Gasteiger partial charge is 0.0892 e. The first-order chi connectivity index (χ1) is 6.58. The first kappa shape index (κ1) is 10.5. The molecule has 4 unspecified atom stereocenters. The van der Waals surface area contributed by atoms with Crippen LogP contribution in [0, 0.1) is 11.8 Å². The third-order valence-electron chi connectivity index (χ3n) is 5.46. The van der Waals surface area contributed by atoms with Gasteiger partial charge in [-0.05, 0) is 19.8 Å². The van der Waals surface area contributed by atoms with E-state index in [9.17, 15) is 0 Å². The van der Waals surface area contributed by atoms with Crippen molar-refractivity contribution in [3.05, 3.63) is 0 Å². The van der Waals surface area contributed by atoms with E-state index in [4.69, 9.17) is 0 Å². The van der Waals surface area contributed by atoms with Gasteiger partial charge < -0.3 is 4.48 Å². The maximum atomic E-state index is 2.50. The molecular weight excluding hydrogens is 170 g/mol. The Hall–Kier alpha value is -0.0400. The van der Waals surface area contributed by atoms with Crippen LogP contribution in [0.4, 0.5) is 0 Å². The summed E-state index contributed by atoms with van der Waals surface area (Å²) in [6.07, 6.45) is 4.39. The number of piperidine rings is 1. The SMILES string of the molecule is CC1CC(C)[N+]2(CCCC2)C(C)C1C. The zero-order valence-electron chi connectivity index (χ0n) is 10.3. The number of hydrogen-bond acceptors (Lipinski definition) is 0. The van der Waals surface area contributed by atoms with Gasteiger partial charge in [0.15, 0.2) is 0 Å². The van der Waals surface area contributed by atoms with Gasteiger partial charge in [0.1, 0.15) is 0 Å². The second-order valence-electron chi connectivity index (χ2n) is 5.92. The molecule has 2 fully saturated rings. The largest absolute Gasteiger partial charge is 0.319 e. The van der Waals surface area contributed by atoms with Crippen LogP contribution in [-0.2, 0) is 0 Å². The summed E-state index contributed by atoms with van der Waals surface area (Å²) in [5, 5.41) is 0. The third-order valence-corrected chi connectivity index (χ3v) is 5.46. The van der Waals surface area contributed by atoms with Gasteiger partial charge in [0.05, 0.1) is 25.2 Å². The van der Waals surface area contributed by atoms with E-state index >= 15 is 0 Å². The molecular formula is C13H26N+. The molecule has 2 aliphatic heterocycles. The molecule has 1 nitrogen and oxygen atoms in total. The molecule has 2 heterocycles. The molecule has 2 saturated heterocycles. The molecule has 0 aliphatic carbocycles. The fourth-order valence-corrected chi connectivity index (χ4v) is 4.08. The molecule has 14 heavy (non-hydrogen) atoms. The van der Waals surface area contributed by atoms with Gasteiger partial charge in [-0.1, -0.05) is 13.8 Å². The average molecular weight is 196 g/mol. The van der Waals surface area contributed by atoms with E-state index in [1.807, 2.05) is 0 Å². The van der Waals surface area contributed by atoms with Gasteiger partial charge in [0.2, 0.25) is 0 Å². The minimum Gasteiger partial charge on any atom is -0.319 e. The molecule has 0 N–H and O–H groups in total. The van der Waals surface area contributed by atoms with Crippen LogP contribution in [0.2, 0.25) is 0 Å². The molecule has 0 radical (unpaired) electrons. The lowest BCUT2D eigenvalue weighted by molar-refractivity contribution is -0.969. The Bertz CT molecular complexity index is 205. The minimum absolute atomic E-state index is 0.899. The molecule has 0 amide bonds. The first-order valence-corrected chi connectivity index (χ1v) is 6.44. The summed E-state index contributed by atoms with van der Waals surface area (Å²) in [7, 11) is 0. The molecule has 2 aliphatic rings. The number of quaternary nitrogens is 1. The number of nitrogens with zero attached hydrogens (tertiary/aromatic N) is 1. The summed E-state index contributed by atoms with van der Waals surface area (Å²) in [6.45, 7) is 12.8. The Morgan fingerprint density at radius 3 is 2.07 bits per heavy atom. The minimum atomic E-state index is 0.899. The van der Waals surface area contributed by atoms with Gasteiger partial charge in [-0.2, -0.15) is 0 Å². The summed E-state index contributed by atoms with van der Waals surface area (Å²) < 4.78 is 1.45. The van der Waals surface area contributed by atoms with Crippen LogP contribution in [0.25, 0.3) is 0 Å². The van der Waals surface area contributed by atoms with Crippen molar-refractivity contribution in [1.82, 2.24) is 0 Å². The van der Waals surface area contributed by atoms with E-state index in [0.29, 0.717) is 0 Å². The van der Waals surface area contributed by atoms with Crippen molar-refractivity contribution in [3.63, 3.8) is 0 Å². The van der Waals surface area contributed by atoms with Crippen LogP contribution < -0.4 is 0 Å². The maximum Gasteiger partial charge on any atom is 0.0892 e. The Kier molecular flexibility index (Phi) is 2.63. The van der Waals surface area contributed by atoms with Crippen LogP contribution in [0.1, 0.15) is 47.0 Å². The van der Waals surface area contributed by atoms with Crippen LogP contribution in [-0.4, -0.2) is 29.7 Å². The van der Waals surface area contributed by atoms with Crippen molar-refractivity contribution >= 4 is 0 Å². The monoisotopic (exact) mass is 196 g/mol. The Morgan fingerprint density at radius 1 is 0.929 bits per heavy atom. The molecule has 0 aromatic heterocycles. The lowest BCUT2D eigenvalue weighted by Crippen LogP contribution is -2.64. The zero-order chi connectivity index (χ0) is 10.3. The molecule has 2 rings (SSSR count). The molecule has 1 heteroatoms. The van der Waals surface area contributed by atoms with Crippen molar-refractivity contribution < 1.29 is 4.48 Å². The first-order valence-electron chi connectivity index (χ1n) is 6.44. The highest BCUT2D eigenvalue weighted by Crippen LogP contribution is 2.41. The fourth-order valence-electron chi connectivity index (χ4n) is 4.08. The van der Waals surface area contributed by atoms with Gasteiger partial charge in [-0.15, -0.1) is 0 Å². The number of hydrogen-bond donors (Lipinski definition) is 0. The van der Waals surface area contributed by atoms with Crippen molar-refractivity contribution in [2.75, 3.05) is 13.1 Å². The molecule has 82 valence electrons. The summed E-state index contributed by atoms with van der Waals surface area (Å²) in [5.74, 6) is 1.86. The predicted octanol–water partition coefficient (Wildman–Crippen LogP) is 3.05. The topological polar surface area (TPSA) is 0 Å². The van der Waals surface area contributed by atoms with Crippen molar-refractivity contribution in [2.45, 2.75) is 59.0 Å². The van der Waals surface area contributed by atoms with Crippen molar-refractivity contribution in [3.8, 4) is 0 Å². The van der Waals surface area contributed by atoms with Crippen LogP contribution in [0.3, 0.4) is 0 Å². The molecule has 4 atom stereocenters. The lowest BCUT2D eigenvalue weighted by Gasteiger charge is -2.53. The quantitative estimate of drug-likeness (QED) is 0.522. The van der Waals surface area contributed by atoms with Gasteiger partial charge in [-0.25, -0.2) is 0 Å². The van der Waals surface area contributed by atoms with E-state index in [0.717, 1.165) is 23.9 Å². The summed E-state index contributed by atoms with van der Waals surface area (Å²) >= 11 is 0. The summed E-state index contributed by atoms with van der Waals surface area (Å²) in [4.78, 5) is 0. The highest BCUT2D eigenvalue weighted by atomic mass is 15.4. The van der Waals surface area contributed by atoms with Crippen LogP contribution in [0.5, 0.6) is 0 Å². The number of rotatable bonds is 0. The fraction of sp³-hybridized carbons (Fsp3) is 1.00. The predicted molar refractivity (Wildman–Crippen MR) is 61.1 cm³/mol. The second kappa shape index (κ2) is 3.52. The Labute approximate surface area is 89.1 Å². The molecule has 0 aromatic carbocycles. The average Bonchev–Trinajstić information content (AvgIpc) is 2.63. The van der Waals surface area contributed by atoms with Crippen molar-refractivity contribution in [2.24, 2.45) is 11.8 Å². The summed E-state index contributed by atoms with van der Waals surface area (Å²) in [5.41, 5.74) is 0. The van der Waals surface area contributed by atoms with E-state index in [2.05, 4.69) is 27.7 Å². The second-order valence-corrected chi connectivity index (χ2v) is 5.92. The lowest BCUT2D eigenvalue weighted by atomic mass is 9.78. The maximum absolute atomic E-state index is 2.50.